The van der Waals surface area contributed by atoms with Gasteiger partial charge in [-0.1, -0.05) is 37.0 Å². The number of aromatic nitrogens is 2. The third-order valence-corrected chi connectivity index (χ3v) is 3.27. The molecule has 0 fully saturated rings. The lowest BCUT2D eigenvalue weighted by Gasteiger charge is -2.12. The van der Waals surface area contributed by atoms with Gasteiger partial charge in [0.1, 0.15) is 5.82 Å². The molecular weight excluding hydrogens is 313 g/mol. The van der Waals surface area contributed by atoms with E-state index in [1.807, 2.05) is 13.8 Å². The van der Waals surface area contributed by atoms with Gasteiger partial charge in [-0.3, -0.25) is 0 Å². The monoisotopic (exact) mass is 325 g/mol. The van der Waals surface area contributed by atoms with Crippen molar-refractivity contribution in [2.75, 3.05) is 5.32 Å². The number of nitrogens with zero attached hydrogens (tertiary/aromatic N) is 2. The molecule has 21 heavy (non-hydrogen) atoms. The lowest BCUT2D eigenvalue weighted by atomic mass is 10.2. The molecule has 0 saturated carbocycles. The van der Waals surface area contributed by atoms with Crippen LogP contribution in [0.3, 0.4) is 0 Å². The number of carboxylic acid groups (broad SMARTS) is 1. The molecule has 7 heteroatoms. The zero-order valence-electron chi connectivity index (χ0n) is 11.4. The molecule has 1 heterocycles. The zero-order valence-corrected chi connectivity index (χ0v) is 12.9. The topological polar surface area (TPSA) is 75.1 Å². The molecule has 0 aliphatic heterocycles. The van der Waals surface area contributed by atoms with Gasteiger partial charge in [0.25, 0.3) is 0 Å². The van der Waals surface area contributed by atoms with Crippen molar-refractivity contribution >= 4 is 40.5 Å². The van der Waals surface area contributed by atoms with Gasteiger partial charge in [-0.15, -0.1) is 0 Å². The van der Waals surface area contributed by atoms with Crippen molar-refractivity contribution in [1.82, 2.24) is 9.97 Å². The molecule has 2 rings (SSSR count). The van der Waals surface area contributed by atoms with Crippen LogP contribution in [0.4, 0.5) is 11.4 Å². The standard InChI is InChI=1S/C14H13Cl2N3O2/c1-7(2)13-17-6-11(12(19-13)14(20)21)18-10-4-3-8(15)5-9(10)16/h3-7,18H,1-2H3,(H,20,21). The van der Waals surface area contributed by atoms with Crippen LogP contribution in [0.1, 0.15) is 36.1 Å². The lowest BCUT2D eigenvalue weighted by molar-refractivity contribution is 0.0691. The van der Waals surface area contributed by atoms with Crippen molar-refractivity contribution in [3.63, 3.8) is 0 Å². The minimum atomic E-state index is -1.13. The number of halogens is 2. The molecule has 1 aromatic carbocycles. The highest BCUT2D eigenvalue weighted by atomic mass is 35.5. The Morgan fingerprint density at radius 1 is 1.29 bits per heavy atom. The zero-order chi connectivity index (χ0) is 15.6. The summed E-state index contributed by atoms with van der Waals surface area (Å²) < 4.78 is 0. The number of hydrogen-bond donors (Lipinski definition) is 2. The van der Waals surface area contributed by atoms with Gasteiger partial charge in [-0.05, 0) is 18.2 Å². The Labute approximate surface area is 131 Å². The van der Waals surface area contributed by atoms with E-state index in [1.54, 1.807) is 18.2 Å². The van der Waals surface area contributed by atoms with Crippen LogP contribution < -0.4 is 5.32 Å². The van der Waals surface area contributed by atoms with E-state index in [9.17, 15) is 9.90 Å². The van der Waals surface area contributed by atoms with Gasteiger partial charge in [-0.2, -0.15) is 0 Å². The number of carbonyl (C=O) groups is 1. The molecule has 5 nitrogen and oxygen atoms in total. The first-order chi connectivity index (χ1) is 9.88. The molecule has 0 saturated heterocycles. The molecule has 0 amide bonds. The summed E-state index contributed by atoms with van der Waals surface area (Å²) >= 11 is 11.9. The van der Waals surface area contributed by atoms with Crippen LogP contribution in [0.25, 0.3) is 0 Å². The van der Waals surface area contributed by atoms with Crippen LogP contribution in [0.5, 0.6) is 0 Å². The Hall–Kier alpha value is -1.85. The van der Waals surface area contributed by atoms with E-state index in [-0.39, 0.29) is 17.3 Å². The minimum absolute atomic E-state index is 0.0382. The van der Waals surface area contributed by atoms with Crippen molar-refractivity contribution in [2.45, 2.75) is 19.8 Å². The Morgan fingerprint density at radius 3 is 2.57 bits per heavy atom. The van der Waals surface area contributed by atoms with Gasteiger partial charge in [0.2, 0.25) is 0 Å². The van der Waals surface area contributed by atoms with E-state index in [4.69, 9.17) is 23.2 Å². The summed E-state index contributed by atoms with van der Waals surface area (Å²) in [4.78, 5) is 19.6. The maximum atomic E-state index is 11.3. The third kappa shape index (κ3) is 3.62. The van der Waals surface area contributed by atoms with Crippen LogP contribution in [-0.4, -0.2) is 21.0 Å². The Balaban J connectivity index is 2.41. The minimum Gasteiger partial charge on any atom is -0.476 e. The maximum Gasteiger partial charge on any atom is 0.356 e. The van der Waals surface area contributed by atoms with E-state index in [2.05, 4.69) is 15.3 Å². The number of benzene rings is 1. The van der Waals surface area contributed by atoms with Crippen molar-refractivity contribution in [3.05, 3.63) is 46.0 Å². The number of aromatic carboxylic acids is 1. The Morgan fingerprint density at radius 2 is 2.00 bits per heavy atom. The van der Waals surface area contributed by atoms with Gasteiger partial charge < -0.3 is 10.4 Å². The SMILES string of the molecule is CC(C)c1ncc(Nc2ccc(Cl)cc2Cl)c(C(=O)O)n1. The quantitative estimate of drug-likeness (QED) is 0.874. The smallest absolute Gasteiger partial charge is 0.356 e. The number of carboxylic acids is 1. The number of hydrogen-bond acceptors (Lipinski definition) is 4. The van der Waals surface area contributed by atoms with Crippen molar-refractivity contribution in [3.8, 4) is 0 Å². The molecule has 0 unspecified atom stereocenters. The first-order valence-corrected chi connectivity index (χ1v) is 6.96. The second-order valence-electron chi connectivity index (χ2n) is 4.70. The van der Waals surface area contributed by atoms with Gasteiger partial charge in [0.15, 0.2) is 5.69 Å². The second-order valence-corrected chi connectivity index (χ2v) is 5.54. The molecule has 0 radical (unpaired) electrons. The van der Waals surface area contributed by atoms with Crippen LogP contribution in [-0.2, 0) is 0 Å². The summed E-state index contributed by atoms with van der Waals surface area (Å²) in [5.41, 5.74) is 0.709. The Bertz CT molecular complexity index is 690. The fourth-order valence-corrected chi connectivity index (χ4v) is 2.12. The highest BCUT2D eigenvalue weighted by molar-refractivity contribution is 6.36. The third-order valence-electron chi connectivity index (χ3n) is 2.73. The van der Waals surface area contributed by atoms with Gasteiger partial charge in [-0.25, -0.2) is 14.8 Å². The summed E-state index contributed by atoms with van der Waals surface area (Å²) in [5.74, 6) is -0.622. The van der Waals surface area contributed by atoms with E-state index in [1.165, 1.54) is 6.20 Å². The molecule has 0 aliphatic carbocycles. The molecule has 1 aromatic heterocycles. The molecular formula is C14H13Cl2N3O2. The number of nitrogens with one attached hydrogen (secondary N) is 1. The molecule has 0 spiro atoms. The summed E-state index contributed by atoms with van der Waals surface area (Å²) in [6.45, 7) is 3.79. The van der Waals surface area contributed by atoms with Crippen molar-refractivity contribution in [2.24, 2.45) is 0 Å². The maximum absolute atomic E-state index is 11.3. The highest BCUT2D eigenvalue weighted by Crippen LogP contribution is 2.29. The van der Waals surface area contributed by atoms with E-state index < -0.39 is 5.97 Å². The molecule has 2 aromatic rings. The fourth-order valence-electron chi connectivity index (χ4n) is 1.66. The number of anilines is 2. The normalized spacial score (nSPS) is 10.7. The van der Waals surface area contributed by atoms with Gasteiger partial charge in [0.05, 0.1) is 22.6 Å². The first kappa shape index (κ1) is 15.5. The lowest BCUT2D eigenvalue weighted by Crippen LogP contribution is -2.10. The predicted molar refractivity (Wildman–Crippen MR) is 82.8 cm³/mol. The Kier molecular flexibility index (Phi) is 4.65. The molecule has 0 bridgehead atoms. The molecule has 110 valence electrons. The second kappa shape index (κ2) is 6.28. The summed E-state index contributed by atoms with van der Waals surface area (Å²) in [5, 5.41) is 13.1. The van der Waals surface area contributed by atoms with Crippen LogP contribution in [0.15, 0.2) is 24.4 Å². The van der Waals surface area contributed by atoms with Crippen molar-refractivity contribution in [1.29, 1.82) is 0 Å². The average molecular weight is 326 g/mol. The van der Waals surface area contributed by atoms with Crippen LogP contribution in [0, 0.1) is 0 Å². The molecule has 0 aliphatic rings. The molecule has 2 N–H and O–H groups in total. The summed E-state index contributed by atoms with van der Waals surface area (Å²) in [6, 6.07) is 4.88. The average Bonchev–Trinajstić information content (AvgIpc) is 2.41. The van der Waals surface area contributed by atoms with Crippen LogP contribution >= 0.6 is 23.2 Å². The van der Waals surface area contributed by atoms with Gasteiger partial charge in [0, 0.05) is 10.9 Å². The first-order valence-electron chi connectivity index (χ1n) is 6.20. The molecule has 0 atom stereocenters. The van der Waals surface area contributed by atoms with Crippen molar-refractivity contribution < 1.29 is 9.90 Å². The van der Waals surface area contributed by atoms with E-state index in [0.29, 0.717) is 21.6 Å². The number of rotatable bonds is 4. The highest BCUT2D eigenvalue weighted by Gasteiger charge is 2.16. The van der Waals surface area contributed by atoms with E-state index >= 15 is 0 Å². The largest absolute Gasteiger partial charge is 0.476 e. The summed E-state index contributed by atoms with van der Waals surface area (Å²) in [6.07, 6.45) is 1.44. The van der Waals surface area contributed by atoms with Gasteiger partial charge >= 0.3 is 5.97 Å². The fraction of sp³-hybridized carbons (Fsp3) is 0.214. The van der Waals surface area contributed by atoms with Crippen LogP contribution in [0.2, 0.25) is 10.0 Å². The predicted octanol–water partition coefficient (Wildman–Crippen LogP) is 4.35. The van der Waals surface area contributed by atoms with E-state index in [0.717, 1.165) is 0 Å². The summed E-state index contributed by atoms with van der Waals surface area (Å²) in [7, 11) is 0.